The highest BCUT2D eigenvalue weighted by molar-refractivity contribution is 7.92. The van der Waals surface area contributed by atoms with Crippen LogP contribution in [0.15, 0.2) is 71.6 Å². The molecule has 3 atom stereocenters. The van der Waals surface area contributed by atoms with Gasteiger partial charge in [-0.05, 0) is 60.2 Å². The van der Waals surface area contributed by atoms with E-state index in [1.165, 1.54) is 12.1 Å². The maximum absolute atomic E-state index is 13.9. The topological polar surface area (TPSA) is 197 Å². The van der Waals surface area contributed by atoms with Gasteiger partial charge in [-0.25, -0.2) is 13.2 Å². The number of benzene rings is 3. The van der Waals surface area contributed by atoms with E-state index in [-0.39, 0.29) is 30.1 Å². The lowest BCUT2D eigenvalue weighted by Crippen LogP contribution is -2.59. The molecule has 0 saturated carbocycles. The second-order valence-electron chi connectivity index (χ2n) is 9.75. The lowest BCUT2D eigenvalue weighted by atomic mass is 10.0. The number of rotatable bonds is 9. The predicted octanol–water partition coefficient (Wildman–Crippen LogP) is 1.38. The number of nitrogens with two attached hydrogens (primary N) is 2. The number of carbonyl (C=O) groups is 3. The van der Waals surface area contributed by atoms with Gasteiger partial charge in [-0.2, -0.15) is 0 Å². The quantitative estimate of drug-likeness (QED) is 0.189. The van der Waals surface area contributed by atoms with Crippen molar-refractivity contribution in [2.75, 3.05) is 6.54 Å². The van der Waals surface area contributed by atoms with Crippen LogP contribution in [0, 0.1) is 5.41 Å². The molecule has 3 aromatic rings. The molecule has 1 heterocycles. The summed E-state index contributed by atoms with van der Waals surface area (Å²) in [6.07, 6.45) is 1.22. The molecule has 4 rings (SSSR count). The van der Waals surface area contributed by atoms with Crippen molar-refractivity contribution < 1.29 is 27.9 Å². The van der Waals surface area contributed by atoms with Crippen molar-refractivity contribution in [3.05, 3.63) is 77.9 Å². The molecule has 1 aliphatic heterocycles. The average Bonchev–Trinajstić information content (AvgIpc) is 2.95. The molecule has 0 aliphatic carbocycles. The van der Waals surface area contributed by atoms with Gasteiger partial charge in [-0.3, -0.25) is 15.0 Å². The van der Waals surface area contributed by atoms with E-state index in [9.17, 15) is 27.9 Å². The molecule has 1 fully saturated rings. The molecule has 2 amide bonds. The first-order valence-electron chi connectivity index (χ1n) is 12.7. The van der Waals surface area contributed by atoms with Crippen LogP contribution in [-0.4, -0.2) is 66.0 Å². The van der Waals surface area contributed by atoms with Crippen molar-refractivity contribution in [3.63, 3.8) is 0 Å². The van der Waals surface area contributed by atoms with Gasteiger partial charge >= 0.3 is 5.97 Å². The Hall–Kier alpha value is -4.29. The van der Waals surface area contributed by atoms with E-state index in [0.717, 1.165) is 10.3 Å². The lowest BCUT2D eigenvalue weighted by Gasteiger charge is -2.35. The third-order valence-electron chi connectivity index (χ3n) is 6.96. The molecule has 3 aromatic carbocycles. The van der Waals surface area contributed by atoms with Crippen LogP contribution in [0.25, 0.3) is 10.8 Å². The minimum atomic E-state index is -4.53. The van der Waals surface area contributed by atoms with Crippen LogP contribution < -0.4 is 16.8 Å². The molecule has 0 bridgehead atoms. The molecule has 40 heavy (non-hydrogen) atoms. The SMILES string of the molecule is N=C(N)c1cccc(C[C@H](N)C(=O)NC(C(=O)N2CCCCC2C(=O)O)S(=O)(=O)c2ccc3ccccc3c2)c1. The van der Waals surface area contributed by atoms with Gasteiger partial charge in [-0.15, -0.1) is 0 Å². The van der Waals surface area contributed by atoms with Gasteiger partial charge in [0.05, 0.1) is 10.9 Å². The Morgan fingerprint density at radius 2 is 1.75 bits per heavy atom. The summed E-state index contributed by atoms with van der Waals surface area (Å²) >= 11 is 0. The summed E-state index contributed by atoms with van der Waals surface area (Å²) in [5.41, 5.74) is 12.7. The maximum Gasteiger partial charge on any atom is 0.326 e. The molecule has 2 unspecified atom stereocenters. The number of likely N-dealkylation sites (tertiary alicyclic amines) is 1. The first kappa shape index (κ1) is 28.7. The highest BCUT2D eigenvalue weighted by atomic mass is 32.2. The second kappa shape index (κ2) is 11.8. The zero-order chi connectivity index (χ0) is 29.0. The summed E-state index contributed by atoms with van der Waals surface area (Å²) in [5, 5.41) is 18.9. The molecule has 210 valence electrons. The van der Waals surface area contributed by atoms with Crippen molar-refractivity contribution in [1.29, 1.82) is 5.41 Å². The van der Waals surface area contributed by atoms with Gasteiger partial charge in [0, 0.05) is 12.1 Å². The van der Waals surface area contributed by atoms with E-state index in [1.807, 2.05) is 0 Å². The van der Waals surface area contributed by atoms with Crippen molar-refractivity contribution in [1.82, 2.24) is 10.2 Å². The number of piperidine rings is 1. The van der Waals surface area contributed by atoms with E-state index in [1.54, 1.807) is 54.6 Å². The zero-order valence-electron chi connectivity index (χ0n) is 21.6. The summed E-state index contributed by atoms with van der Waals surface area (Å²) in [5.74, 6) is -3.34. The fourth-order valence-corrected chi connectivity index (χ4v) is 6.30. The van der Waals surface area contributed by atoms with Crippen LogP contribution in [0.4, 0.5) is 0 Å². The summed E-state index contributed by atoms with van der Waals surface area (Å²) in [6.45, 7) is 0.0410. The molecule has 7 N–H and O–H groups in total. The molecule has 1 aliphatic rings. The Bertz CT molecular complexity index is 1570. The molecule has 0 aromatic heterocycles. The average molecular weight is 566 g/mol. The van der Waals surface area contributed by atoms with Gasteiger partial charge in [0.15, 0.2) is 0 Å². The zero-order valence-corrected chi connectivity index (χ0v) is 22.4. The van der Waals surface area contributed by atoms with Crippen molar-refractivity contribution in [2.45, 2.75) is 48.0 Å². The van der Waals surface area contributed by atoms with Crippen LogP contribution in [0.5, 0.6) is 0 Å². The predicted molar refractivity (Wildman–Crippen MR) is 149 cm³/mol. The molecule has 1 saturated heterocycles. The fourth-order valence-electron chi connectivity index (χ4n) is 4.80. The van der Waals surface area contributed by atoms with Gasteiger partial charge in [0.2, 0.25) is 21.1 Å². The maximum atomic E-state index is 13.9. The number of carboxylic acid groups (broad SMARTS) is 1. The highest BCUT2D eigenvalue weighted by Gasteiger charge is 2.43. The number of amides is 2. The van der Waals surface area contributed by atoms with Crippen LogP contribution in [0.3, 0.4) is 0 Å². The Morgan fingerprint density at radius 3 is 2.45 bits per heavy atom. The van der Waals surface area contributed by atoms with E-state index < -0.39 is 45.1 Å². The molecule has 0 radical (unpaired) electrons. The minimum Gasteiger partial charge on any atom is -0.480 e. The third kappa shape index (κ3) is 6.13. The van der Waals surface area contributed by atoms with E-state index in [4.69, 9.17) is 16.9 Å². The third-order valence-corrected chi connectivity index (χ3v) is 8.81. The number of hydrogen-bond donors (Lipinski definition) is 5. The minimum absolute atomic E-state index is 0.0225. The number of aliphatic carboxylic acids is 1. The van der Waals surface area contributed by atoms with E-state index >= 15 is 0 Å². The van der Waals surface area contributed by atoms with Gasteiger partial charge in [-0.1, -0.05) is 48.5 Å². The Balaban J connectivity index is 1.67. The smallest absolute Gasteiger partial charge is 0.326 e. The number of sulfone groups is 1. The second-order valence-corrected chi connectivity index (χ2v) is 11.8. The van der Waals surface area contributed by atoms with Crippen molar-refractivity contribution >= 4 is 44.2 Å². The van der Waals surface area contributed by atoms with Crippen LogP contribution in [0.1, 0.15) is 30.4 Å². The Kier molecular flexibility index (Phi) is 8.50. The number of nitrogen functional groups attached to an aromatic ring is 1. The summed E-state index contributed by atoms with van der Waals surface area (Å²) in [7, 11) is -4.53. The Labute approximate surface area is 231 Å². The molecule has 0 spiro atoms. The molecule has 12 heteroatoms. The number of fused-ring (bicyclic) bond motifs is 1. The number of nitrogens with zero attached hydrogens (tertiary/aromatic N) is 1. The number of carboxylic acids is 1. The standard InChI is InChI=1S/C28H31N5O6S/c29-22(15-17-6-5-9-20(14-17)24(30)31)25(34)32-26(27(35)33-13-4-3-10-23(33)28(36)37)40(38,39)21-12-11-18-7-1-2-8-19(18)16-21/h1-2,5-9,11-12,14,16,22-23,26H,3-4,10,13,15,29H2,(H3,30,31)(H,32,34)(H,36,37)/t22-,23?,26?/m0/s1. The first-order valence-corrected chi connectivity index (χ1v) is 14.3. The number of amidine groups is 1. The fraction of sp³-hybridized carbons (Fsp3) is 0.286. The van der Waals surface area contributed by atoms with Gasteiger partial charge in [0.1, 0.15) is 11.9 Å². The molecular weight excluding hydrogens is 534 g/mol. The number of carbonyl (C=O) groups excluding carboxylic acids is 2. The Morgan fingerprint density at radius 1 is 1.02 bits per heavy atom. The first-order chi connectivity index (χ1) is 19.0. The van der Waals surface area contributed by atoms with Crippen LogP contribution >= 0.6 is 0 Å². The summed E-state index contributed by atoms with van der Waals surface area (Å²) in [4.78, 5) is 39.6. The van der Waals surface area contributed by atoms with Gasteiger partial charge in [0.25, 0.3) is 5.91 Å². The highest BCUT2D eigenvalue weighted by Crippen LogP contribution is 2.25. The van der Waals surface area contributed by atoms with Crippen molar-refractivity contribution in [3.8, 4) is 0 Å². The largest absolute Gasteiger partial charge is 0.480 e. The van der Waals surface area contributed by atoms with Crippen LogP contribution in [0.2, 0.25) is 0 Å². The van der Waals surface area contributed by atoms with Crippen LogP contribution in [-0.2, 0) is 30.6 Å². The van der Waals surface area contributed by atoms with E-state index in [0.29, 0.717) is 29.4 Å². The molecule has 11 nitrogen and oxygen atoms in total. The summed E-state index contributed by atoms with van der Waals surface area (Å²) < 4.78 is 27.8. The van der Waals surface area contributed by atoms with E-state index in [2.05, 4.69) is 5.32 Å². The number of hydrogen-bond acceptors (Lipinski definition) is 7. The lowest BCUT2D eigenvalue weighted by molar-refractivity contribution is -0.152. The molecular formula is C28H31N5O6S. The monoisotopic (exact) mass is 565 g/mol. The normalized spacial score (nSPS) is 17.1. The summed E-state index contributed by atoms with van der Waals surface area (Å²) in [6, 6.07) is 15.5. The van der Waals surface area contributed by atoms with Gasteiger partial charge < -0.3 is 26.8 Å². The number of nitrogens with one attached hydrogen (secondary N) is 2. The van der Waals surface area contributed by atoms with Crippen molar-refractivity contribution in [2.24, 2.45) is 11.5 Å².